The fraction of sp³-hybridized carbons (Fsp3) is 0.250. The monoisotopic (exact) mass is 267 g/mol. The van der Waals surface area contributed by atoms with Crippen molar-refractivity contribution in [2.45, 2.75) is 26.3 Å². The van der Waals surface area contributed by atoms with Crippen LogP contribution in [0.3, 0.4) is 0 Å². The van der Waals surface area contributed by atoms with Gasteiger partial charge < -0.3 is 8.98 Å². The number of nitrogens with zero attached hydrogens (tertiary/aromatic N) is 3. The van der Waals surface area contributed by atoms with Crippen molar-refractivity contribution in [1.29, 1.82) is 0 Å². The average Bonchev–Trinajstić information content (AvgIpc) is 3.05. The van der Waals surface area contributed by atoms with E-state index in [2.05, 4.69) is 46.5 Å². The van der Waals surface area contributed by atoms with Gasteiger partial charge in [0.1, 0.15) is 5.69 Å². The molecule has 0 unspecified atom stereocenters. The molecule has 0 saturated carbocycles. The second kappa shape index (κ2) is 5.33. The molecule has 0 aliphatic rings. The molecule has 0 N–H and O–H groups in total. The van der Waals surface area contributed by atoms with Crippen molar-refractivity contribution in [3.8, 4) is 11.6 Å². The van der Waals surface area contributed by atoms with E-state index < -0.39 is 0 Å². The highest BCUT2D eigenvalue weighted by molar-refractivity contribution is 5.85. The molecule has 4 heteroatoms. The summed E-state index contributed by atoms with van der Waals surface area (Å²) in [7, 11) is 0. The van der Waals surface area contributed by atoms with Crippen LogP contribution < -0.4 is 0 Å². The molecule has 20 heavy (non-hydrogen) atoms. The Hall–Kier alpha value is -2.36. The highest BCUT2D eigenvalue weighted by Gasteiger charge is 2.15. The Morgan fingerprint density at radius 2 is 2.15 bits per heavy atom. The molecule has 2 heterocycles. The number of benzene rings is 1. The van der Waals surface area contributed by atoms with Gasteiger partial charge in [-0.15, -0.1) is 16.8 Å². The number of fused-ring (bicyclic) bond motifs is 1. The first kappa shape index (κ1) is 12.7. The summed E-state index contributed by atoms with van der Waals surface area (Å²) in [5.74, 6) is 1.27. The van der Waals surface area contributed by atoms with Crippen LogP contribution in [0.2, 0.25) is 0 Å². The molecule has 0 radical (unpaired) electrons. The van der Waals surface area contributed by atoms with Gasteiger partial charge >= 0.3 is 0 Å². The molecule has 3 aromatic rings. The molecule has 0 atom stereocenters. The summed E-state index contributed by atoms with van der Waals surface area (Å²) < 4.78 is 7.89. The molecule has 0 aliphatic carbocycles. The standard InChI is InChI=1S/C16H17N3O/c1-3-7-15-17-18-16(20-15)14-11-12-8-5-6-9-13(12)19(14)10-4-2/h4-6,8-9,11H,2-3,7,10H2,1H3. The smallest absolute Gasteiger partial charge is 0.264 e. The summed E-state index contributed by atoms with van der Waals surface area (Å²) in [4.78, 5) is 0. The van der Waals surface area contributed by atoms with Crippen molar-refractivity contribution in [1.82, 2.24) is 14.8 Å². The third kappa shape index (κ3) is 2.13. The van der Waals surface area contributed by atoms with Crippen LogP contribution in [-0.2, 0) is 13.0 Å². The van der Waals surface area contributed by atoms with Crippen LogP contribution in [0.5, 0.6) is 0 Å². The lowest BCUT2D eigenvalue weighted by molar-refractivity contribution is 0.499. The van der Waals surface area contributed by atoms with Crippen molar-refractivity contribution in [3.05, 3.63) is 48.9 Å². The summed E-state index contributed by atoms with van der Waals surface area (Å²) in [5.41, 5.74) is 2.10. The maximum absolute atomic E-state index is 5.75. The minimum absolute atomic E-state index is 0.575. The Morgan fingerprint density at radius 3 is 2.95 bits per heavy atom. The summed E-state index contributed by atoms with van der Waals surface area (Å²) >= 11 is 0. The van der Waals surface area contributed by atoms with E-state index in [0.29, 0.717) is 18.3 Å². The van der Waals surface area contributed by atoms with E-state index in [-0.39, 0.29) is 0 Å². The lowest BCUT2D eigenvalue weighted by Gasteiger charge is -2.04. The maximum Gasteiger partial charge on any atom is 0.264 e. The average molecular weight is 267 g/mol. The topological polar surface area (TPSA) is 43.9 Å². The minimum Gasteiger partial charge on any atom is -0.419 e. The minimum atomic E-state index is 0.575. The molecule has 0 bridgehead atoms. The van der Waals surface area contributed by atoms with Gasteiger partial charge in [0.05, 0.1) is 0 Å². The molecule has 0 saturated heterocycles. The largest absolute Gasteiger partial charge is 0.419 e. The lowest BCUT2D eigenvalue weighted by atomic mass is 10.2. The quantitative estimate of drug-likeness (QED) is 0.660. The molecule has 2 aromatic heterocycles. The Kier molecular flexibility index (Phi) is 3.37. The van der Waals surface area contributed by atoms with Gasteiger partial charge in [-0.25, -0.2) is 0 Å². The van der Waals surface area contributed by atoms with Crippen molar-refractivity contribution in [2.75, 3.05) is 0 Å². The Balaban J connectivity index is 2.13. The van der Waals surface area contributed by atoms with E-state index >= 15 is 0 Å². The first-order chi connectivity index (χ1) is 9.83. The summed E-state index contributed by atoms with van der Waals surface area (Å²) in [6.45, 7) is 6.64. The van der Waals surface area contributed by atoms with Crippen LogP contribution in [0.25, 0.3) is 22.5 Å². The second-order valence-electron chi connectivity index (χ2n) is 4.74. The zero-order valence-corrected chi connectivity index (χ0v) is 11.5. The predicted octanol–water partition coefficient (Wildman–Crippen LogP) is 3.83. The van der Waals surface area contributed by atoms with Gasteiger partial charge in [-0.1, -0.05) is 31.2 Å². The lowest BCUT2D eigenvalue weighted by Crippen LogP contribution is -1.97. The summed E-state index contributed by atoms with van der Waals surface area (Å²) in [6.07, 6.45) is 3.69. The number of aromatic nitrogens is 3. The van der Waals surface area contributed by atoms with E-state index in [1.54, 1.807) is 0 Å². The van der Waals surface area contributed by atoms with Crippen LogP contribution in [0.15, 0.2) is 47.4 Å². The third-order valence-electron chi connectivity index (χ3n) is 3.27. The number of aryl methyl sites for hydroxylation is 1. The first-order valence-electron chi connectivity index (χ1n) is 6.85. The number of hydrogen-bond acceptors (Lipinski definition) is 3. The zero-order chi connectivity index (χ0) is 13.9. The molecule has 1 aromatic carbocycles. The van der Waals surface area contributed by atoms with Crippen molar-refractivity contribution < 1.29 is 4.42 Å². The fourth-order valence-corrected chi connectivity index (χ4v) is 2.39. The molecule has 3 rings (SSSR count). The van der Waals surface area contributed by atoms with Crippen LogP contribution in [0.4, 0.5) is 0 Å². The Labute approximate surface area is 117 Å². The zero-order valence-electron chi connectivity index (χ0n) is 11.5. The third-order valence-corrected chi connectivity index (χ3v) is 3.27. The predicted molar refractivity (Wildman–Crippen MR) is 79.4 cm³/mol. The molecule has 0 fully saturated rings. The molecule has 0 aliphatic heterocycles. The molecule has 0 amide bonds. The van der Waals surface area contributed by atoms with Crippen LogP contribution in [-0.4, -0.2) is 14.8 Å². The van der Waals surface area contributed by atoms with Gasteiger partial charge in [0, 0.05) is 23.9 Å². The number of para-hydroxylation sites is 1. The molecule has 0 spiro atoms. The van der Waals surface area contributed by atoms with E-state index in [1.165, 1.54) is 5.39 Å². The number of allylic oxidation sites excluding steroid dienone is 1. The number of rotatable bonds is 5. The Morgan fingerprint density at radius 1 is 1.30 bits per heavy atom. The highest BCUT2D eigenvalue weighted by Crippen LogP contribution is 2.27. The van der Waals surface area contributed by atoms with Gasteiger partial charge in [-0.05, 0) is 18.6 Å². The van der Waals surface area contributed by atoms with Crippen molar-refractivity contribution >= 4 is 10.9 Å². The first-order valence-corrected chi connectivity index (χ1v) is 6.85. The normalized spacial score (nSPS) is 11.1. The second-order valence-corrected chi connectivity index (χ2v) is 4.74. The van der Waals surface area contributed by atoms with E-state index in [1.807, 2.05) is 18.2 Å². The molecular formula is C16H17N3O. The van der Waals surface area contributed by atoms with Gasteiger partial charge in [-0.3, -0.25) is 0 Å². The number of hydrogen-bond donors (Lipinski definition) is 0. The van der Waals surface area contributed by atoms with E-state index in [9.17, 15) is 0 Å². The van der Waals surface area contributed by atoms with Crippen LogP contribution in [0, 0.1) is 0 Å². The summed E-state index contributed by atoms with van der Waals surface area (Å²) in [6, 6.07) is 10.3. The van der Waals surface area contributed by atoms with E-state index in [0.717, 1.165) is 24.1 Å². The van der Waals surface area contributed by atoms with Crippen molar-refractivity contribution in [2.24, 2.45) is 0 Å². The van der Waals surface area contributed by atoms with E-state index in [4.69, 9.17) is 4.42 Å². The molecule has 102 valence electrons. The Bertz CT molecular complexity index is 739. The van der Waals surface area contributed by atoms with Gasteiger partial charge in [0.15, 0.2) is 0 Å². The van der Waals surface area contributed by atoms with Crippen molar-refractivity contribution in [3.63, 3.8) is 0 Å². The molecular weight excluding hydrogens is 250 g/mol. The summed E-state index contributed by atoms with van der Waals surface area (Å²) in [5, 5.41) is 9.44. The fourth-order valence-electron chi connectivity index (χ4n) is 2.39. The van der Waals surface area contributed by atoms with Gasteiger partial charge in [0.25, 0.3) is 5.89 Å². The molecule has 4 nitrogen and oxygen atoms in total. The maximum atomic E-state index is 5.75. The SMILES string of the molecule is C=CCn1c(-c2nnc(CCC)o2)cc2ccccc21. The highest BCUT2D eigenvalue weighted by atomic mass is 16.4. The van der Waals surface area contributed by atoms with Gasteiger partial charge in [0.2, 0.25) is 5.89 Å². The van der Waals surface area contributed by atoms with Crippen LogP contribution in [0.1, 0.15) is 19.2 Å². The van der Waals surface area contributed by atoms with Crippen LogP contribution >= 0.6 is 0 Å². The van der Waals surface area contributed by atoms with Gasteiger partial charge in [-0.2, -0.15) is 0 Å².